The van der Waals surface area contributed by atoms with Gasteiger partial charge in [-0.15, -0.1) is 0 Å². The molecule has 1 N–H and O–H groups in total. The van der Waals surface area contributed by atoms with E-state index < -0.39 is 0 Å². The van der Waals surface area contributed by atoms with E-state index in [4.69, 9.17) is 0 Å². The molecule has 0 aliphatic heterocycles. The van der Waals surface area contributed by atoms with Crippen LogP contribution in [0.5, 0.6) is 0 Å². The summed E-state index contributed by atoms with van der Waals surface area (Å²) in [5.41, 5.74) is 2.55. The number of hydrogen-bond acceptors (Lipinski definition) is 2. The Labute approximate surface area is 115 Å². The molecule has 0 radical (unpaired) electrons. The van der Waals surface area contributed by atoms with E-state index in [2.05, 4.69) is 53.4 Å². The van der Waals surface area contributed by atoms with Gasteiger partial charge in [0.1, 0.15) is 0 Å². The van der Waals surface area contributed by atoms with Crippen LogP contribution in [-0.2, 0) is 13.1 Å². The minimum Gasteiger partial charge on any atom is -0.392 e. The summed E-state index contributed by atoms with van der Waals surface area (Å²) in [4.78, 5) is 2.27. The first kappa shape index (κ1) is 13.8. The van der Waals surface area contributed by atoms with Crippen LogP contribution in [0.4, 0.5) is 0 Å². The maximum absolute atomic E-state index is 9.64. The van der Waals surface area contributed by atoms with Crippen molar-refractivity contribution in [3.8, 4) is 0 Å². The molecule has 0 aliphatic rings. The first-order valence-corrected chi connectivity index (χ1v) is 6.72. The lowest BCUT2D eigenvalue weighted by Gasteiger charge is -2.24. The van der Waals surface area contributed by atoms with Gasteiger partial charge < -0.3 is 5.11 Å². The number of benzene rings is 2. The van der Waals surface area contributed by atoms with E-state index in [-0.39, 0.29) is 6.10 Å². The van der Waals surface area contributed by atoms with Crippen LogP contribution in [0.25, 0.3) is 0 Å². The second kappa shape index (κ2) is 7.07. The molecular weight excluding hydrogens is 234 g/mol. The zero-order chi connectivity index (χ0) is 13.5. The normalized spacial score (nSPS) is 12.6. The molecule has 0 amide bonds. The van der Waals surface area contributed by atoms with Gasteiger partial charge in [-0.2, -0.15) is 0 Å². The van der Waals surface area contributed by atoms with E-state index in [9.17, 15) is 5.11 Å². The minimum absolute atomic E-state index is 0.313. The summed E-state index contributed by atoms with van der Waals surface area (Å²) < 4.78 is 0. The number of aliphatic hydroxyl groups excluding tert-OH is 1. The molecule has 0 aromatic heterocycles. The quantitative estimate of drug-likeness (QED) is 0.857. The number of rotatable bonds is 6. The lowest BCUT2D eigenvalue weighted by atomic mass is 10.1. The highest BCUT2D eigenvalue weighted by Crippen LogP contribution is 2.10. The molecule has 19 heavy (non-hydrogen) atoms. The Balaban J connectivity index is 2.03. The zero-order valence-electron chi connectivity index (χ0n) is 11.4. The Morgan fingerprint density at radius 2 is 1.26 bits per heavy atom. The van der Waals surface area contributed by atoms with E-state index in [1.165, 1.54) is 11.1 Å². The Morgan fingerprint density at radius 1 is 0.842 bits per heavy atom. The molecule has 0 fully saturated rings. The lowest BCUT2D eigenvalue weighted by molar-refractivity contribution is 0.118. The van der Waals surface area contributed by atoms with Gasteiger partial charge in [-0.25, -0.2) is 0 Å². The maximum Gasteiger partial charge on any atom is 0.0639 e. The van der Waals surface area contributed by atoms with Crippen LogP contribution in [0.3, 0.4) is 0 Å². The van der Waals surface area contributed by atoms with Gasteiger partial charge in [0, 0.05) is 19.6 Å². The molecule has 2 aromatic rings. The van der Waals surface area contributed by atoms with Crippen LogP contribution in [0, 0.1) is 0 Å². The third-order valence-corrected chi connectivity index (χ3v) is 3.02. The van der Waals surface area contributed by atoms with Crippen molar-refractivity contribution in [2.45, 2.75) is 26.1 Å². The lowest BCUT2D eigenvalue weighted by Crippen LogP contribution is -2.30. The third kappa shape index (κ3) is 4.86. The van der Waals surface area contributed by atoms with Crippen LogP contribution in [0.2, 0.25) is 0 Å². The standard InChI is InChI=1S/C17H21NO/c1-15(19)12-18(13-16-8-4-2-5-9-16)14-17-10-6-3-7-11-17/h2-11,15,19H,12-14H2,1H3/t15-/m0/s1. The average molecular weight is 255 g/mol. The molecule has 0 saturated heterocycles. The van der Waals surface area contributed by atoms with Gasteiger partial charge in [-0.1, -0.05) is 60.7 Å². The maximum atomic E-state index is 9.64. The van der Waals surface area contributed by atoms with Gasteiger partial charge in [0.15, 0.2) is 0 Å². The van der Waals surface area contributed by atoms with Crippen LogP contribution in [0.15, 0.2) is 60.7 Å². The van der Waals surface area contributed by atoms with E-state index in [1.807, 2.05) is 19.1 Å². The highest BCUT2D eigenvalue weighted by atomic mass is 16.3. The zero-order valence-corrected chi connectivity index (χ0v) is 11.4. The molecule has 0 saturated carbocycles. The van der Waals surface area contributed by atoms with E-state index >= 15 is 0 Å². The fraction of sp³-hybridized carbons (Fsp3) is 0.294. The highest BCUT2D eigenvalue weighted by molar-refractivity contribution is 5.17. The van der Waals surface area contributed by atoms with Crippen LogP contribution in [0.1, 0.15) is 18.1 Å². The molecular formula is C17H21NO. The highest BCUT2D eigenvalue weighted by Gasteiger charge is 2.09. The van der Waals surface area contributed by atoms with Gasteiger partial charge in [0.2, 0.25) is 0 Å². The van der Waals surface area contributed by atoms with E-state index in [0.29, 0.717) is 6.54 Å². The summed E-state index contributed by atoms with van der Waals surface area (Å²) in [6.45, 7) is 4.24. The Morgan fingerprint density at radius 3 is 1.63 bits per heavy atom. The molecule has 2 rings (SSSR count). The Bertz CT molecular complexity index is 426. The topological polar surface area (TPSA) is 23.5 Å². The van der Waals surface area contributed by atoms with Crippen molar-refractivity contribution in [2.75, 3.05) is 6.54 Å². The molecule has 2 heteroatoms. The number of nitrogens with zero attached hydrogens (tertiary/aromatic N) is 1. The summed E-state index contributed by atoms with van der Waals surface area (Å²) in [5, 5.41) is 9.64. The Kier molecular flexibility index (Phi) is 5.13. The first-order chi connectivity index (χ1) is 9.24. The fourth-order valence-electron chi connectivity index (χ4n) is 2.24. The van der Waals surface area contributed by atoms with Crippen molar-refractivity contribution < 1.29 is 5.11 Å². The molecule has 1 atom stereocenters. The molecule has 2 aromatic carbocycles. The molecule has 0 unspecified atom stereocenters. The van der Waals surface area contributed by atoms with Gasteiger partial charge in [0.25, 0.3) is 0 Å². The van der Waals surface area contributed by atoms with Crippen molar-refractivity contribution >= 4 is 0 Å². The molecule has 2 nitrogen and oxygen atoms in total. The summed E-state index contributed by atoms with van der Waals surface area (Å²) in [6.07, 6.45) is -0.313. The van der Waals surface area contributed by atoms with Gasteiger partial charge >= 0.3 is 0 Å². The number of aliphatic hydroxyl groups is 1. The molecule has 100 valence electrons. The predicted molar refractivity (Wildman–Crippen MR) is 78.7 cm³/mol. The van der Waals surface area contributed by atoms with Crippen molar-refractivity contribution in [3.05, 3.63) is 71.8 Å². The largest absolute Gasteiger partial charge is 0.392 e. The van der Waals surface area contributed by atoms with Gasteiger partial charge in [-0.05, 0) is 18.1 Å². The van der Waals surface area contributed by atoms with Gasteiger partial charge in [0.05, 0.1) is 6.10 Å². The summed E-state index contributed by atoms with van der Waals surface area (Å²) in [7, 11) is 0. The summed E-state index contributed by atoms with van der Waals surface area (Å²) in [6, 6.07) is 20.8. The van der Waals surface area contributed by atoms with Gasteiger partial charge in [-0.3, -0.25) is 4.90 Å². The van der Waals surface area contributed by atoms with Crippen LogP contribution >= 0.6 is 0 Å². The van der Waals surface area contributed by atoms with Crippen LogP contribution in [-0.4, -0.2) is 22.7 Å². The smallest absolute Gasteiger partial charge is 0.0639 e. The average Bonchev–Trinajstić information content (AvgIpc) is 2.40. The van der Waals surface area contributed by atoms with Crippen molar-refractivity contribution in [1.82, 2.24) is 4.90 Å². The Hall–Kier alpha value is -1.64. The number of hydrogen-bond donors (Lipinski definition) is 1. The second-order valence-corrected chi connectivity index (χ2v) is 4.99. The second-order valence-electron chi connectivity index (χ2n) is 4.99. The van der Waals surface area contributed by atoms with Crippen molar-refractivity contribution in [1.29, 1.82) is 0 Å². The molecule has 0 spiro atoms. The SMILES string of the molecule is C[C@H](O)CN(Cc1ccccc1)Cc1ccccc1. The van der Waals surface area contributed by atoms with E-state index in [0.717, 1.165) is 13.1 Å². The fourth-order valence-corrected chi connectivity index (χ4v) is 2.24. The molecule has 0 bridgehead atoms. The summed E-state index contributed by atoms with van der Waals surface area (Å²) >= 11 is 0. The van der Waals surface area contributed by atoms with Crippen molar-refractivity contribution in [3.63, 3.8) is 0 Å². The third-order valence-electron chi connectivity index (χ3n) is 3.02. The first-order valence-electron chi connectivity index (χ1n) is 6.72. The summed E-state index contributed by atoms with van der Waals surface area (Å²) in [5.74, 6) is 0. The van der Waals surface area contributed by atoms with Crippen LogP contribution < -0.4 is 0 Å². The van der Waals surface area contributed by atoms with Crippen molar-refractivity contribution in [2.24, 2.45) is 0 Å². The molecule has 0 aliphatic carbocycles. The minimum atomic E-state index is -0.313. The predicted octanol–water partition coefficient (Wildman–Crippen LogP) is 3.07. The monoisotopic (exact) mass is 255 g/mol. The molecule has 0 heterocycles. The van der Waals surface area contributed by atoms with E-state index in [1.54, 1.807) is 0 Å².